The monoisotopic (exact) mass is 434 g/mol. The van der Waals surface area contributed by atoms with Crippen molar-refractivity contribution in [1.29, 1.82) is 0 Å². The Morgan fingerprint density at radius 2 is 2.00 bits per heavy atom. The fourth-order valence-electron chi connectivity index (χ4n) is 3.77. The lowest BCUT2D eigenvalue weighted by Gasteiger charge is -2.29. The molecule has 1 aromatic carbocycles. The second kappa shape index (κ2) is 9.17. The van der Waals surface area contributed by atoms with E-state index in [0.29, 0.717) is 43.3 Å². The fourth-order valence-corrected chi connectivity index (χ4v) is 3.77. The van der Waals surface area contributed by atoms with E-state index in [-0.39, 0.29) is 18.4 Å². The third kappa shape index (κ3) is 4.46. The number of hydrogen-bond donors (Lipinski definition) is 1. The number of para-hydroxylation sites is 1. The minimum atomic E-state index is -0.207. The number of aromatic nitrogens is 4. The van der Waals surface area contributed by atoms with Crippen LogP contribution in [-0.4, -0.2) is 57.1 Å². The highest BCUT2D eigenvalue weighted by molar-refractivity contribution is 5.95. The highest BCUT2D eigenvalue weighted by Gasteiger charge is 2.28. The summed E-state index contributed by atoms with van der Waals surface area (Å²) in [6, 6.07) is 9.40. The van der Waals surface area contributed by atoms with Crippen molar-refractivity contribution >= 4 is 17.6 Å². The van der Waals surface area contributed by atoms with E-state index in [1.807, 2.05) is 38.1 Å². The summed E-state index contributed by atoms with van der Waals surface area (Å²) >= 11 is 0. The van der Waals surface area contributed by atoms with Crippen LogP contribution >= 0.6 is 0 Å². The lowest BCUT2D eigenvalue weighted by atomic mass is 10.0. The van der Waals surface area contributed by atoms with Crippen LogP contribution < -0.4 is 9.64 Å². The number of nitrogens with zero attached hydrogens (tertiary/aromatic N) is 5. The molecule has 166 valence electrons. The zero-order valence-electron chi connectivity index (χ0n) is 18.5. The molecule has 4 rings (SSSR count). The maximum absolute atomic E-state index is 12.7. The number of H-pyrrole nitrogens is 1. The first-order valence-electron chi connectivity index (χ1n) is 10.5. The third-order valence-corrected chi connectivity index (χ3v) is 5.51. The maximum Gasteiger partial charge on any atom is 0.272 e. The van der Waals surface area contributed by atoms with Gasteiger partial charge >= 0.3 is 0 Å². The zero-order valence-corrected chi connectivity index (χ0v) is 18.5. The normalized spacial score (nSPS) is 13.1. The summed E-state index contributed by atoms with van der Waals surface area (Å²) in [6.07, 6.45) is 2.56. The molecule has 0 aliphatic carbocycles. The van der Waals surface area contributed by atoms with Gasteiger partial charge in [-0.25, -0.2) is 9.97 Å². The summed E-state index contributed by atoms with van der Waals surface area (Å²) in [7, 11) is 1.68. The summed E-state index contributed by atoms with van der Waals surface area (Å²) in [5, 5.41) is 6.49. The van der Waals surface area contributed by atoms with Crippen LogP contribution in [0.3, 0.4) is 0 Å². The summed E-state index contributed by atoms with van der Waals surface area (Å²) in [6.45, 7) is 4.86. The van der Waals surface area contributed by atoms with Crippen molar-refractivity contribution < 1.29 is 14.3 Å². The molecule has 0 unspecified atom stereocenters. The highest BCUT2D eigenvalue weighted by atomic mass is 16.5. The van der Waals surface area contributed by atoms with Crippen LogP contribution in [0.15, 0.2) is 36.5 Å². The molecule has 3 heterocycles. The number of carbonyl (C=O) groups excluding carboxylic acids is 2. The number of amides is 2. The first kappa shape index (κ1) is 21.5. The first-order chi connectivity index (χ1) is 15.4. The van der Waals surface area contributed by atoms with Crippen LogP contribution in [0.2, 0.25) is 0 Å². The molecule has 0 bridgehead atoms. The lowest BCUT2D eigenvalue weighted by Crippen LogP contribution is -2.40. The van der Waals surface area contributed by atoms with Crippen LogP contribution in [0.25, 0.3) is 0 Å². The second-order valence-corrected chi connectivity index (χ2v) is 7.82. The van der Waals surface area contributed by atoms with Gasteiger partial charge in [0.25, 0.3) is 5.91 Å². The molecular formula is C23H26N6O3. The molecular weight excluding hydrogens is 408 g/mol. The Kier molecular flexibility index (Phi) is 6.16. The van der Waals surface area contributed by atoms with Crippen molar-refractivity contribution in [2.45, 2.75) is 33.2 Å². The van der Waals surface area contributed by atoms with Crippen LogP contribution in [0, 0.1) is 13.8 Å². The van der Waals surface area contributed by atoms with Crippen LogP contribution in [0.4, 0.5) is 5.82 Å². The molecule has 9 heteroatoms. The third-order valence-electron chi connectivity index (χ3n) is 5.51. The van der Waals surface area contributed by atoms with Crippen molar-refractivity contribution in [3.8, 4) is 5.75 Å². The average molecular weight is 435 g/mol. The van der Waals surface area contributed by atoms with E-state index in [2.05, 4.69) is 20.2 Å². The number of benzene rings is 1. The lowest BCUT2D eigenvalue weighted by molar-refractivity contribution is -0.119. The van der Waals surface area contributed by atoms with E-state index in [1.165, 1.54) is 11.1 Å². The summed E-state index contributed by atoms with van der Waals surface area (Å²) < 4.78 is 5.90. The van der Waals surface area contributed by atoms with Crippen LogP contribution in [0.1, 0.15) is 39.6 Å². The van der Waals surface area contributed by atoms with E-state index >= 15 is 0 Å². The summed E-state index contributed by atoms with van der Waals surface area (Å²) in [4.78, 5) is 37.7. The van der Waals surface area contributed by atoms with Crippen molar-refractivity contribution in [1.82, 2.24) is 25.1 Å². The van der Waals surface area contributed by atoms with Gasteiger partial charge in [0, 0.05) is 30.9 Å². The number of fused-ring (bicyclic) bond motifs is 1. The standard InChI is InChI=1S/C23H26N6O3/c1-15-6-4-5-7-19(15)32-13-12-29-21(30)9-8-17-16(2)25-20(26-22(17)29)14-28(3)23(31)18-10-11-24-27-18/h4-7,10-11H,8-9,12-14H2,1-3H3,(H,24,27). The number of rotatable bonds is 7. The van der Waals surface area contributed by atoms with E-state index < -0.39 is 0 Å². The fraction of sp³-hybridized carbons (Fsp3) is 0.348. The Hall–Kier alpha value is -3.75. The van der Waals surface area contributed by atoms with E-state index in [1.54, 1.807) is 18.0 Å². The molecule has 0 radical (unpaired) electrons. The summed E-state index contributed by atoms with van der Waals surface area (Å²) in [5.41, 5.74) is 3.23. The average Bonchev–Trinajstić information content (AvgIpc) is 3.31. The van der Waals surface area contributed by atoms with E-state index in [0.717, 1.165) is 22.6 Å². The van der Waals surface area contributed by atoms with Gasteiger partial charge in [-0.15, -0.1) is 0 Å². The smallest absolute Gasteiger partial charge is 0.272 e. The van der Waals surface area contributed by atoms with Gasteiger partial charge in [-0.05, 0) is 38.0 Å². The molecule has 0 fully saturated rings. The van der Waals surface area contributed by atoms with Crippen molar-refractivity contribution in [3.63, 3.8) is 0 Å². The molecule has 1 aliphatic heterocycles. The van der Waals surface area contributed by atoms with Crippen LogP contribution in [-0.2, 0) is 17.8 Å². The number of carbonyl (C=O) groups is 2. The van der Waals surface area contributed by atoms with E-state index in [9.17, 15) is 9.59 Å². The molecule has 9 nitrogen and oxygen atoms in total. The molecule has 0 saturated heterocycles. The molecule has 2 amide bonds. The van der Waals surface area contributed by atoms with Gasteiger partial charge in [0.05, 0.1) is 13.1 Å². The largest absolute Gasteiger partial charge is 0.491 e. The number of anilines is 1. The van der Waals surface area contributed by atoms with Crippen molar-refractivity contribution in [3.05, 3.63) is 64.9 Å². The minimum Gasteiger partial charge on any atom is -0.491 e. The van der Waals surface area contributed by atoms with Gasteiger partial charge in [0.15, 0.2) is 0 Å². The number of ether oxygens (including phenoxy) is 1. The molecule has 2 aromatic heterocycles. The van der Waals surface area contributed by atoms with Gasteiger partial charge in [-0.1, -0.05) is 18.2 Å². The number of aryl methyl sites for hydroxylation is 2. The SMILES string of the molecule is Cc1ccccc1OCCN1C(=O)CCc2c(C)nc(CN(C)C(=O)c3ccn[nH]3)nc21. The van der Waals surface area contributed by atoms with Crippen molar-refractivity contribution in [2.24, 2.45) is 0 Å². The predicted molar refractivity (Wildman–Crippen MR) is 119 cm³/mol. The quantitative estimate of drug-likeness (QED) is 0.613. The van der Waals surface area contributed by atoms with Gasteiger partial charge in [-0.3, -0.25) is 19.6 Å². The Morgan fingerprint density at radius 3 is 2.75 bits per heavy atom. The predicted octanol–water partition coefficient (Wildman–Crippen LogP) is 2.45. The summed E-state index contributed by atoms with van der Waals surface area (Å²) in [5.74, 6) is 1.70. The van der Waals surface area contributed by atoms with Gasteiger partial charge in [0.2, 0.25) is 5.91 Å². The molecule has 0 saturated carbocycles. The Labute approximate surface area is 186 Å². The van der Waals surface area contributed by atoms with E-state index in [4.69, 9.17) is 4.74 Å². The molecule has 32 heavy (non-hydrogen) atoms. The number of nitrogens with one attached hydrogen (secondary N) is 1. The molecule has 1 aliphatic rings. The van der Waals surface area contributed by atoms with Gasteiger partial charge in [0.1, 0.15) is 29.7 Å². The maximum atomic E-state index is 12.7. The molecule has 3 aromatic rings. The topological polar surface area (TPSA) is 104 Å². The number of hydrogen-bond acceptors (Lipinski definition) is 6. The molecule has 0 atom stereocenters. The second-order valence-electron chi connectivity index (χ2n) is 7.82. The Bertz CT molecular complexity index is 1130. The molecule has 0 spiro atoms. The highest BCUT2D eigenvalue weighted by Crippen LogP contribution is 2.28. The van der Waals surface area contributed by atoms with Gasteiger partial charge < -0.3 is 9.64 Å². The number of aromatic amines is 1. The Morgan fingerprint density at radius 1 is 1.19 bits per heavy atom. The molecule has 1 N–H and O–H groups in total. The Balaban J connectivity index is 1.51. The zero-order chi connectivity index (χ0) is 22.7. The van der Waals surface area contributed by atoms with Crippen LogP contribution in [0.5, 0.6) is 5.75 Å². The van der Waals surface area contributed by atoms with Gasteiger partial charge in [-0.2, -0.15) is 5.10 Å². The minimum absolute atomic E-state index is 0.0109. The van der Waals surface area contributed by atoms with Crippen molar-refractivity contribution in [2.75, 3.05) is 25.1 Å². The first-order valence-corrected chi connectivity index (χ1v) is 10.5.